The molecule has 1 saturated carbocycles. The van der Waals surface area contributed by atoms with E-state index in [1.54, 1.807) is 0 Å². The summed E-state index contributed by atoms with van der Waals surface area (Å²) in [7, 11) is 0. The summed E-state index contributed by atoms with van der Waals surface area (Å²) in [5.41, 5.74) is 6.86. The van der Waals surface area contributed by atoms with Crippen molar-refractivity contribution in [1.29, 1.82) is 0 Å². The molecule has 3 N–H and O–H groups in total. The van der Waals surface area contributed by atoms with Crippen LogP contribution in [0.15, 0.2) is 48.5 Å². The summed E-state index contributed by atoms with van der Waals surface area (Å²) in [4.78, 5) is 40.5. The van der Waals surface area contributed by atoms with E-state index in [1.807, 2.05) is 24.3 Å². The molecule has 33 heavy (non-hydrogen) atoms. The molecule has 0 spiro atoms. The van der Waals surface area contributed by atoms with Gasteiger partial charge >= 0.3 is 12.1 Å². The molecule has 3 atom stereocenters. The molecule has 2 aromatic carbocycles. The van der Waals surface area contributed by atoms with Crippen LogP contribution in [0.5, 0.6) is 0 Å². The van der Waals surface area contributed by atoms with Gasteiger partial charge in [-0.2, -0.15) is 0 Å². The highest BCUT2D eigenvalue weighted by atomic mass is 16.7. The van der Waals surface area contributed by atoms with Gasteiger partial charge in [0.15, 0.2) is 6.10 Å². The van der Waals surface area contributed by atoms with E-state index in [2.05, 4.69) is 35.1 Å². The van der Waals surface area contributed by atoms with Crippen LogP contribution < -0.4 is 10.8 Å². The number of carbonyl (C=O) groups is 3. The third-order valence-corrected chi connectivity index (χ3v) is 6.39. The fourth-order valence-electron chi connectivity index (χ4n) is 4.65. The summed E-state index contributed by atoms with van der Waals surface area (Å²) in [5, 5.41) is 11.7. The molecule has 2 aliphatic carbocycles. The summed E-state index contributed by atoms with van der Waals surface area (Å²) in [6.45, 7) is 1.57. The van der Waals surface area contributed by atoms with Crippen molar-refractivity contribution >= 4 is 18.0 Å². The maximum atomic E-state index is 12.5. The number of carbonyl (C=O) groups excluding carboxylic acids is 2. The van der Waals surface area contributed by atoms with E-state index < -0.39 is 18.2 Å². The summed E-state index contributed by atoms with van der Waals surface area (Å²) in [5.74, 6) is -1.91. The Morgan fingerprint density at radius 1 is 1.03 bits per heavy atom. The van der Waals surface area contributed by atoms with E-state index in [4.69, 9.17) is 14.7 Å². The van der Waals surface area contributed by atoms with Crippen molar-refractivity contribution in [3.8, 4) is 11.1 Å². The lowest BCUT2D eigenvalue weighted by Crippen LogP contribution is -2.43. The van der Waals surface area contributed by atoms with E-state index in [0.717, 1.165) is 24.0 Å². The smallest absolute Gasteiger partial charge is 0.407 e. The lowest BCUT2D eigenvalue weighted by atomic mass is 9.85. The van der Waals surface area contributed by atoms with Crippen LogP contribution in [0.2, 0.25) is 0 Å². The first kappa shape index (κ1) is 22.8. The van der Waals surface area contributed by atoms with Crippen LogP contribution in [0.25, 0.3) is 11.1 Å². The lowest BCUT2D eigenvalue weighted by molar-refractivity contribution is -0.160. The Hall–Kier alpha value is -3.39. The minimum atomic E-state index is -1.16. The fourth-order valence-corrected chi connectivity index (χ4v) is 4.65. The van der Waals surface area contributed by atoms with Crippen molar-refractivity contribution in [1.82, 2.24) is 10.8 Å². The molecule has 2 aliphatic rings. The van der Waals surface area contributed by atoms with E-state index >= 15 is 0 Å². The zero-order valence-corrected chi connectivity index (χ0v) is 18.5. The Balaban J connectivity index is 1.30. The fraction of sp³-hybridized carbons (Fsp3) is 0.400. The zero-order chi connectivity index (χ0) is 23.4. The molecular formula is C25H28N2O6. The molecule has 2 amide bonds. The third-order valence-electron chi connectivity index (χ3n) is 6.39. The van der Waals surface area contributed by atoms with Crippen molar-refractivity contribution < 1.29 is 29.1 Å². The van der Waals surface area contributed by atoms with Gasteiger partial charge in [0.2, 0.25) is 5.91 Å². The Morgan fingerprint density at radius 3 is 2.30 bits per heavy atom. The third kappa shape index (κ3) is 5.17. The quantitative estimate of drug-likeness (QED) is 0.553. The summed E-state index contributed by atoms with van der Waals surface area (Å²) >= 11 is 0. The largest absolute Gasteiger partial charge is 0.479 e. The van der Waals surface area contributed by atoms with E-state index in [9.17, 15) is 14.4 Å². The van der Waals surface area contributed by atoms with Crippen molar-refractivity contribution in [2.45, 2.75) is 50.7 Å². The second-order valence-electron chi connectivity index (χ2n) is 8.59. The molecule has 0 bridgehead atoms. The summed E-state index contributed by atoms with van der Waals surface area (Å²) in [6, 6.07) is 16.1. The SMILES string of the molecule is CC(ONC(=O)C1CCCC(NC(=O)OCC2c3ccccc3-c3ccccc32)C1)C(=O)O. The van der Waals surface area contributed by atoms with Crippen molar-refractivity contribution in [2.24, 2.45) is 5.92 Å². The number of hydrogen-bond donors (Lipinski definition) is 3. The molecule has 3 unspecified atom stereocenters. The van der Waals surface area contributed by atoms with E-state index in [1.165, 1.54) is 18.1 Å². The standard InChI is InChI=1S/C25H28N2O6/c1-15(24(29)30)33-27-23(28)16-7-6-8-17(13-16)26-25(31)32-14-22-20-11-4-2-9-18(20)19-10-3-5-12-21(19)22/h2-5,9-12,15-17,22H,6-8,13-14H2,1H3,(H,26,31)(H,27,28)(H,29,30). The maximum absolute atomic E-state index is 12.5. The minimum absolute atomic E-state index is 0.0126. The number of alkyl carbamates (subject to hydrolysis) is 1. The normalized spacial score (nSPS) is 20.3. The molecular weight excluding hydrogens is 424 g/mol. The Labute approximate surface area is 192 Å². The molecule has 0 aromatic heterocycles. The topological polar surface area (TPSA) is 114 Å². The van der Waals surface area contributed by atoms with Gasteiger partial charge in [0.05, 0.1) is 0 Å². The Kier molecular flexibility index (Phi) is 6.93. The van der Waals surface area contributed by atoms with Crippen LogP contribution in [-0.2, 0) is 19.2 Å². The number of benzene rings is 2. The monoisotopic (exact) mass is 452 g/mol. The Morgan fingerprint density at radius 2 is 1.67 bits per heavy atom. The van der Waals surface area contributed by atoms with Gasteiger partial charge in [-0.05, 0) is 48.4 Å². The van der Waals surface area contributed by atoms with Crippen LogP contribution in [0.1, 0.15) is 49.7 Å². The first-order valence-corrected chi connectivity index (χ1v) is 11.2. The van der Waals surface area contributed by atoms with Crippen LogP contribution in [-0.4, -0.2) is 41.8 Å². The number of hydroxylamine groups is 1. The molecule has 174 valence electrons. The number of fused-ring (bicyclic) bond motifs is 3. The van der Waals surface area contributed by atoms with E-state index in [-0.39, 0.29) is 30.4 Å². The highest BCUT2D eigenvalue weighted by Crippen LogP contribution is 2.44. The molecule has 4 rings (SSSR count). The zero-order valence-electron chi connectivity index (χ0n) is 18.5. The first-order valence-electron chi connectivity index (χ1n) is 11.2. The molecule has 8 heteroatoms. The molecule has 2 aromatic rings. The molecule has 1 fully saturated rings. The number of carboxylic acids is 1. The maximum Gasteiger partial charge on any atom is 0.407 e. The minimum Gasteiger partial charge on any atom is -0.479 e. The van der Waals surface area contributed by atoms with Gasteiger partial charge in [-0.1, -0.05) is 55.0 Å². The predicted molar refractivity (Wildman–Crippen MR) is 120 cm³/mol. The van der Waals surface area contributed by atoms with Crippen molar-refractivity contribution in [3.63, 3.8) is 0 Å². The molecule has 0 saturated heterocycles. The second kappa shape index (κ2) is 10.0. The summed E-state index contributed by atoms with van der Waals surface area (Å²) < 4.78 is 5.60. The molecule has 0 heterocycles. The number of aliphatic carboxylic acids is 1. The second-order valence-corrected chi connectivity index (χ2v) is 8.59. The average Bonchev–Trinajstić information content (AvgIpc) is 3.15. The van der Waals surface area contributed by atoms with Crippen LogP contribution in [0, 0.1) is 5.92 Å². The van der Waals surface area contributed by atoms with Gasteiger partial charge in [0.1, 0.15) is 6.61 Å². The summed E-state index contributed by atoms with van der Waals surface area (Å²) in [6.07, 6.45) is 0.979. The van der Waals surface area contributed by atoms with Gasteiger partial charge in [-0.3, -0.25) is 9.63 Å². The van der Waals surface area contributed by atoms with Crippen molar-refractivity contribution in [2.75, 3.05) is 6.61 Å². The highest BCUT2D eigenvalue weighted by molar-refractivity contribution is 5.80. The van der Waals surface area contributed by atoms with E-state index in [0.29, 0.717) is 12.8 Å². The number of ether oxygens (including phenoxy) is 1. The van der Waals surface area contributed by atoms with Gasteiger partial charge in [-0.15, -0.1) is 0 Å². The van der Waals surface area contributed by atoms with Gasteiger partial charge in [0, 0.05) is 17.9 Å². The molecule has 8 nitrogen and oxygen atoms in total. The number of hydrogen-bond acceptors (Lipinski definition) is 5. The lowest BCUT2D eigenvalue weighted by Gasteiger charge is -2.29. The van der Waals surface area contributed by atoms with Gasteiger partial charge < -0.3 is 15.2 Å². The Bertz CT molecular complexity index is 994. The number of amides is 2. The number of rotatable bonds is 7. The molecule has 0 radical (unpaired) electrons. The first-order chi connectivity index (χ1) is 15.9. The molecule has 0 aliphatic heterocycles. The highest BCUT2D eigenvalue weighted by Gasteiger charge is 2.31. The van der Waals surface area contributed by atoms with Gasteiger partial charge in [-0.25, -0.2) is 15.1 Å². The van der Waals surface area contributed by atoms with Crippen LogP contribution >= 0.6 is 0 Å². The van der Waals surface area contributed by atoms with Gasteiger partial charge in [0.25, 0.3) is 0 Å². The van der Waals surface area contributed by atoms with Crippen molar-refractivity contribution in [3.05, 3.63) is 59.7 Å². The average molecular weight is 453 g/mol. The van der Waals surface area contributed by atoms with Crippen LogP contribution in [0.4, 0.5) is 4.79 Å². The number of carboxylic acid groups (broad SMARTS) is 1. The number of nitrogens with one attached hydrogen (secondary N) is 2. The predicted octanol–water partition coefficient (Wildman–Crippen LogP) is 3.60. The van der Waals surface area contributed by atoms with Crippen LogP contribution in [0.3, 0.4) is 0 Å².